The Labute approximate surface area is 245 Å². The molecule has 40 heavy (non-hydrogen) atoms. The molecule has 2 nitrogen and oxygen atoms in total. The van der Waals surface area contributed by atoms with Crippen LogP contribution in [0, 0.1) is 0 Å². The van der Waals surface area contributed by atoms with Gasteiger partial charge in [0.25, 0.3) is 0 Å². The van der Waals surface area contributed by atoms with Crippen molar-refractivity contribution in [2.75, 3.05) is 0 Å². The van der Waals surface area contributed by atoms with Crippen LogP contribution in [0.4, 0.5) is 26.3 Å². The summed E-state index contributed by atoms with van der Waals surface area (Å²) in [4.78, 5) is -5.71. The third-order valence-electron chi connectivity index (χ3n) is 5.59. The maximum absolute atomic E-state index is 14.5. The number of rotatable bonds is 7. The molecule has 0 amide bonds. The van der Waals surface area contributed by atoms with Crippen molar-refractivity contribution in [1.82, 2.24) is 0 Å². The first-order valence-corrected chi connectivity index (χ1v) is 19.0. The van der Waals surface area contributed by atoms with Crippen molar-refractivity contribution in [2.24, 2.45) is 0 Å². The van der Waals surface area contributed by atoms with Crippen molar-refractivity contribution >= 4 is 66.9 Å². The van der Waals surface area contributed by atoms with Crippen LogP contribution in [0.2, 0.25) is 0 Å². The minimum atomic E-state index is -5.71. The second-order valence-electron chi connectivity index (χ2n) is 8.26. The molecule has 0 N–H and O–H groups in total. The number of benzene rings is 4. The van der Waals surface area contributed by atoms with E-state index >= 15 is 0 Å². The molecule has 4 rings (SSSR count). The van der Waals surface area contributed by atoms with Gasteiger partial charge in [0, 0.05) is 0 Å². The van der Waals surface area contributed by atoms with Crippen LogP contribution < -0.4 is 20.1 Å². The fraction of sp³-hybridized carbons (Fsp3) is 0.0769. The summed E-state index contributed by atoms with van der Waals surface area (Å²) in [7, 11) is 0. The van der Waals surface area contributed by atoms with Gasteiger partial charge in [-0.05, 0) is 0 Å². The zero-order chi connectivity index (χ0) is 29.4. The molecule has 4 aromatic rings. The van der Waals surface area contributed by atoms with E-state index in [9.17, 15) is 26.3 Å². The summed E-state index contributed by atoms with van der Waals surface area (Å²) in [5.41, 5.74) is -2.85. The first kappa shape index (κ1) is 31.0. The standard InChI is InChI=1S/C26H16Cl4F6O2P2/c27-39(28)40(29,30,23-14-12-19(15-22(23)26(34,35)36)37-17-7-3-1-4-8-17)24-16-20(11-13-21(24)25(31,32)33)38-18-9-5-2-6-10-18/h1-16H. The summed E-state index contributed by atoms with van der Waals surface area (Å²) in [5, 5.41) is -1.80. The van der Waals surface area contributed by atoms with Crippen molar-refractivity contribution in [3.8, 4) is 23.0 Å². The molecule has 14 heteroatoms. The molecule has 0 fully saturated rings. The Morgan fingerprint density at radius 3 is 1.43 bits per heavy atom. The van der Waals surface area contributed by atoms with Gasteiger partial charge >= 0.3 is 246 Å². The van der Waals surface area contributed by atoms with Crippen LogP contribution >= 0.6 is 56.3 Å². The van der Waals surface area contributed by atoms with Crippen LogP contribution in [-0.4, -0.2) is 0 Å². The predicted molar refractivity (Wildman–Crippen MR) is 152 cm³/mol. The van der Waals surface area contributed by atoms with E-state index in [-0.39, 0.29) is 23.0 Å². The predicted octanol–water partition coefficient (Wildman–Crippen LogP) is 11.8. The zero-order valence-corrected chi connectivity index (χ0v) is 24.5. The second-order valence-corrected chi connectivity index (χ2v) is 24.9. The second kappa shape index (κ2) is 11.4. The van der Waals surface area contributed by atoms with Gasteiger partial charge in [-0.3, -0.25) is 0 Å². The minimum absolute atomic E-state index is 0.174. The molecule has 0 saturated heterocycles. The molecule has 0 heterocycles. The number of halogens is 10. The number of para-hydroxylation sites is 2. The number of alkyl halides is 6. The first-order valence-electron chi connectivity index (χ1n) is 11.1. The summed E-state index contributed by atoms with van der Waals surface area (Å²) in [6.07, 6.45) is -13.1. The van der Waals surface area contributed by atoms with Crippen LogP contribution in [0.25, 0.3) is 0 Å². The van der Waals surface area contributed by atoms with E-state index in [0.29, 0.717) is 12.1 Å². The quantitative estimate of drug-likeness (QED) is 0.143. The fourth-order valence-electron chi connectivity index (χ4n) is 3.81. The SMILES string of the molecule is FC(F)(F)c1cc(Oc2ccccc2)ccc1P(Cl)(Cl)(c1cc(Oc2ccccc2)ccc1C(F)(F)F)P(Cl)Cl. The molecule has 0 unspecified atom stereocenters. The average Bonchev–Trinajstić information content (AvgIpc) is 2.88. The first-order chi connectivity index (χ1) is 18.6. The maximum atomic E-state index is 14.5. The molecule has 212 valence electrons. The third kappa shape index (κ3) is 6.28. The van der Waals surface area contributed by atoms with Crippen molar-refractivity contribution in [1.29, 1.82) is 0 Å². The summed E-state index contributed by atoms with van der Waals surface area (Å²) < 4.78 is 97.4. The fourth-order valence-corrected chi connectivity index (χ4v) is 12.9. The molecule has 0 aliphatic rings. The average molecular weight is 678 g/mol. The van der Waals surface area contributed by atoms with E-state index in [0.717, 1.165) is 24.3 Å². The molecule has 0 aromatic heterocycles. The Balaban J connectivity index is 1.98. The molecule has 0 aliphatic heterocycles. The Morgan fingerprint density at radius 2 is 0.975 bits per heavy atom. The van der Waals surface area contributed by atoms with Crippen LogP contribution in [0.15, 0.2) is 97.1 Å². The monoisotopic (exact) mass is 676 g/mol. The van der Waals surface area contributed by atoms with Crippen molar-refractivity contribution < 1.29 is 35.8 Å². The van der Waals surface area contributed by atoms with E-state index in [1.165, 1.54) is 24.3 Å². The normalized spacial score (nSPS) is 13.5. The van der Waals surface area contributed by atoms with E-state index in [4.69, 9.17) is 54.4 Å². The van der Waals surface area contributed by atoms with Crippen LogP contribution in [-0.2, 0) is 12.4 Å². The molecule has 0 spiro atoms. The molecular weight excluding hydrogens is 662 g/mol. The molecular formula is C26H16Cl4F6O2P2. The summed E-state index contributed by atoms with van der Waals surface area (Å²) in [6, 6.07) is 20.9. The summed E-state index contributed by atoms with van der Waals surface area (Å²) in [6.45, 7) is 0. The van der Waals surface area contributed by atoms with Crippen molar-refractivity contribution in [3.05, 3.63) is 108 Å². The topological polar surface area (TPSA) is 18.5 Å². The van der Waals surface area contributed by atoms with Gasteiger partial charge in [0.1, 0.15) is 0 Å². The van der Waals surface area contributed by atoms with Gasteiger partial charge in [-0.15, -0.1) is 0 Å². The summed E-state index contributed by atoms with van der Waals surface area (Å²) in [5.74, 6) is 0.0295. The van der Waals surface area contributed by atoms with Gasteiger partial charge in [0.2, 0.25) is 0 Å². The van der Waals surface area contributed by atoms with Crippen LogP contribution in [0.1, 0.15) is 11.1 Å². The molecule has 0 saturated carbocycles. The Morgan fingerprint density at radius 1 is 0.525 bits per heavy atom. The summed E-state index contributed by atoms with van der Waals surface area (Å²) >= 11 is 26.2. The van der Waals surface area contributed by atoms with Gasteiger partial charge in [-0.1, -0.05) is 0 Å². The van der Waals surface area contributed by atoms with E-state index in [1.54, 1.807) is 36.4 Å². The Bertz CT molecular complexity index is 1500. The van der Waals surface area contributed by atoms with Crippen molar-refractivity contribution in [2.45, 2.75) is 12.4 Å². The molecule has 0 aliphatic carbocycles. The van der Waals surface area contributed by atoms with Gasteiger partial charge in [-0.2, -0.15) is 0 Å². The van der Waals surface area contributed by atoms with Gasteiger partial charge < -0.3 is 0 Å². The zero-order valence-electron chi connectivity index (χ0n) is 19.7. The molecule has 0 atom stereocenters. The van der Waals surface area contributed by atoms with E-state index in [1.807, 2.05) is 0 Å². The van der Waals surface area contributed by atoms with Gasteiger partial charge in [0.05, 0.1) is 0 Å². The molecule has 4 aromatic carbocycles. The van der Waals surface area contributed by atoms with E-state index in [2.05, 4.69) is 0 Å². The molecule has 0 radical (unpaired) electrons. The van der Waals surface area contributed by atoms with Crippen LogP contribution in [0.3, 0.4) is 0 Å². The Hall–Kier alpha value is -1.92. The van der Waals surface area contributed by atoms with Crippen LogP contribution in [0.5, 0.6) is 23.0 Å². The number of hydrogen-bond donors (Lipinski definition) is 0. The third-order valence-corrected chi connectivity index (χ3v) is 24.5. The Kier molecular flexibility index (Phi) is 8.84. The van der Waals surface area contributed by atoms with E-state index < -0.39 is 45.4 Å². The van der Waals surface area contributed by atoms with Gasteiger partial charge in [-0.25, -0.2) is 0 Å². The number of hydrogen-bond acceptors (Lipinski definition) is 2. The van der Waals surface area contributed by atoms with Gasteiger partial charge in [0.15, 0.2) is 0 Å². The number of ether oxygens (including phenoxy) is 2. The molecule has 0 bridgehead atoms. The van der Waals surface area contributed by atoms with Crippen molar-refractivity contribution in [3.63, 3.8) is 0 Å².